The number of carbonyl (C=O) groups is 4. The molecule has 1 unspecified atom stereocenters. The molecule has 166 valence electrons. The van der Waals surface area contributed by atoms with Gasteiger partial charge in [-0.25, -0.2) is 9.69 Å². The first-order valence-electron chi connectivity index (χ1n) is 10.5. The van der Waals surface area contributed by atoms with Gasteiger partial charge >= 0.3 is 5.97 Å². The lowest BCUT2D eigenvalue weighted by Gasteiger charge is -2.28. The number of amides is 3. The summed E-state index contributed by atoms with van der Waals surface area (Å²) in [5.41, 5.74) is 1.10. The van der Waals surface area contributed by atoms with Gasteiger partial charge in [-0.15, -0.1) is 0 Å². The van der Waals surface area contributed by atoms with Crippen LogP contribution in [-0.2, 0) is 14.3 Å². The average Bonchev–Trinajstić information content (AvgIpc) is 3.59. The SMILES string of the molecule is CCOC(=O)c1ccc(N2C(=O)CC(N(C(=O)c3cccc(OC)c3)C3CC3)C2=O)cc1. The van der Waals surface area contributed by atoms with Gasteiger partial charge < -0.3 is 14.4 Å². The van der Waals surface area contributed by atoms with Crippen LogP contribution in [0.3, 0.4) is 0 Å². The Bertz CT molecular complexity index is 1060. The Balaban J connectivity index is 1.58. The standard InChI is InChI=1S/C24H24N2O6/c1-3-32-24(30)15-7-9-18(10-8-15)26-21(27)14-20(23(26)29)25(17-11-12-17)22(28)16-5-4-6-19(13-16)31-2/h4-10,13,17,20H,3,11-12,14H2,1-2H3. The van der Waals surface area contributed by atoms with Crippen LogP contribution < -0.4 is 9.64 Å². The van der Waals surface area contributed by atoms with Gasteiger partial charge in [0, 0.05) is 11.6 Å². The van der Waals surface area contributed by atoms with E-state index < -0.39 is 17.9 Å². The van der Waals surface area contributed by atoms with Crippen molar-refractivity contribution in [2.24, 2.45) is 0 Å². The summed E-state index contributed by atoms with van der Waals surface area (Å²) < 4.78 is 10.2. The molecule has 8 heteroatoms. The highest BCUT2D eigenvalue weighted by atomic mass is 16.5. The van der Waals surface area contributed by atoms with Gasteiger partial charge in [-0.3, -0.25) is 14.4 Å². The number of benzene rings is 2. The molecule has 1 aliphatic carbocycles. The molecule has 0 spiro atoms. The molecule has 0 radical (unpaired) electrons. The van der Waals surface area contributed by atoms with Gasteiger partial charge in [-0.05, 0) is 62.2 Å². The number of hydrogen-bond acceptors (Lipinski definition) is 6. The van der Waals surface area contributed by atoms with E-state index in [1.807, 2.05) is 0 Å². The second kappa shape index (κ2) is 8.82. The highest BCUT2D eigenvalue weighted by molar-refractivity contribution is 6.23. The predicted molar refractivity (Wildman–Crippen MR) is 115 cm³/mol. The maximum absolute atomic E-state index is 13.3. The summed E-state index contributed by atoms with van der Waals surface area (Å²) in [7, 11) is 1.52. The summed E-state index contributed by atoms with van der Waals surface area (Å²) in [4.78, 5) is 53.8. The molecule has 1 heterocycles. The first kappa shape index (κ1) is 21.5. The number of carbonyl (C=O) groups excluding carboxylic acids is 4. The lowest BCUT2D eigenvalue weighted by atomic mass is 10.1. The van der Waals surface area contributed by atoms with Crippen LogP contribution in [0, 0.1) is 0 Å². The molecule has 3 amide bonds. The third kappa shape index (κ3) is 4.08. The van der Waals surface area contributed by atoms with Crippen LogP contribution in [0.2, 0.25) is 0 Å². The second-order valence-electron chi connectivity index (χ2n) is 7.73. The Morgan fingerprint density at radius 1 is 1.06 bits per heavy atom. The number of methoxy groups -OCH3 is 1. The first-order valence-corrected chi connectivity index (χ1v) is 10.5. The maximum atomic E-state index is 13.3. The molecule has 4 rings (SSSR count). The molecule has 2 aromatic rings. The van der Waals surface area contributed by atoms with E-state index in [4.69, 9.17) is 9.47 Å². The molecular weight excluding hydrogens is 412 g/mol. The molecule has 0 N–H and O–H groups in total. The van der Waals surface area contributed by atoms with Crippen molar-refractivity contribution in [1.82, 2.24) is 4.90 Å². The van der Waals surface area contributed by atoms with Crippen molar-refractivity contribution in [3.05, 3.63) is 59.7 Å². The molecule has 2 aromatic carbocycles. The molecular formula is C24H24N2O6. The highest BCUT2D eigenvalue weighted by Gasteiger charge is 2.48. The number of imide groups is 1. The van der Waals surface area contributed by atoms with Crippen LogP contribution in [-0.4, -0.2) is 54.4 Å². The van der Waals surface area contributed by atoms with Crippen molar-refractivity contribution in [1.29, 1.82) is 0 Å². The van der Waals surface area contributed by atoms with Crippen LogP contribution in [0.4, 0.5) is 5.69 Å². The van der Waals surface area contributed by atoms with Crippen molar-refractivity contribution in [3.8, 4) is 5.75 Å². The summed E-state index contributed by atoms with van der Waals surface area (Å²) in [6.45, 7) is 1.97. The van der Waals surface area contributed by atoms with Crippen molar-refractivity contribution < 1.29 is 28.7 Å². The van der Waals surface area contributed by atoms with E-state index in [0.29, 0.717) is 22.6 Å². The zero-order chi connectivity index (χ0) is 22.8. The van der Waals surface area contributed by atoms with E-state index in [2.05, 4.69) is 0 Å². The predicted octanol–water partition coefficient (Wildman–Crippen LogP) is 2.81. The van der Waals surface area contributed by atoms with Crippen LogP contribution in [0.25, 0.3) is 0 Å². The number of nitrogens with zero attached hydrogens (tertiary/aromatic N) is 2. The topological polar surface area (TPSA) is 93.2 Å². The van der Waals surface area contributed by atoms with Crippen LogP contribution in [0.5, 0.6) is 5.75 Å². The number of anilines is 1. The quantitative estimate of drug-likeness (QED) is 0.490. The lowest BCUT2D eigenvalue weighted by Crippen LogP contribution is -2.46. The summed E-state index contributed by atoms with van der Waals surface area (Å²) >= 11 is 0. The van der Waals surface area contributed by atoms with E-state index >= 15 is 0 Å². The zero-order valence-corrected chi connectivity index (χ0v) is 17.9. The second-order valence-corrected chi connectivity index (χ2v) is 7.73. The molecule has 1 atom stereocenters. The van der Waals surface area contributed by atoms with Gasteiger partial charge in [0.15, 0.2) is 0 Å². The van der Waals surface area contributed by atoms with E-state index in [1.165, 1.54) is 31.4 Å². The van der Waals surface area contributed by atoms with Gasteiger partial charge in [-0.2, -0.15) is 0 Å². The molecule has 8 nitrogen and oxygen atoms in total. The number of ether oxygens (including phenoxy) is 2. The van der Waals surface area contributed by atoms with Gasteiger partial charge in [0.05, 0.1) is 31.4 Å². The fourth-order valence-corrected chi connectivity index (χ4v) is 3.89. The zero-order valence-electron chi connectivity index (χ0n) is 17.9. The third-order valence-electron chi connectivity index (χ3n) is 5.59. The van der Waals surface area contributed by atoms with Gasteiger partial charge in [0.2, 0.25) is 5.91 Å². The number of esters is 1. The summed E-state index contributed by atoms with van der Waals surface area (Å²) in [6, 6.07) is 11.9. The Hall–Kier alpha value is -3.68. The fourth-order valence-electron chi connectivity index (χ4n) is 3.89. The molecule has 1 aliphatic heterocycles. The van der Waals surface area contributed by atoms with Crippen LogP contribution in [0.15, 0.2) is 48.5 Å². The molecule has 2 aliphatic rings. The molecule has 1 saturated heterocycles. The van der Waals surface area contributed by atoms with E-state index in [0.717, 1.165) is 17.7 Å². The molecule has 0 aromatic heterocycles. The minimum Gasteiger partial charge on any atom is -0.497 e. The molecule has 0 bridgehead atoms. The van der Waals surface area contributed by atoms with E-state index in [1.54, 1.807) is 36.1 Å². The summed E-state index contributed by atoms with van der Waals surface area (Å²) in [5.74, 6) is -1.05. The highest BCUT2D eigenvalue weighted by Crippen LogP contribution is 2.35. The van der Waals surface area contributed by atoms with E-state index in [9.17, 15) is 19.2 Å². The minimum atomic E-state index is -0.863. The van der Waals surface area contributed by atoms with E-state index in [-0.39, 0.29) is 30.9 Å². The van der Waals surface area contributed by atoms with Crippen molar-refractivity contribution in [3.63, 3.8) is 0 Å². The smallest absolute Gasteiger partial charge is 0.338 e. The van der Waals surface area contributed by atoms with Crippen LogP contribution in [0.1, 0.15) is 46.9 Å². The Morgan fingerprint density at radius 2 is 1.78 bits per heavy atom. The van der Waals surface area contributed by atoms with Gasteiger partial charge in [-0.1, -0.05) is 6.07 Å². The fraction of sp³-hybridized carbons (Fsp3) is 0.333. The van der Waals surface area contributed by atoms with Crippen molar-refractivity contribution >= 4 is 29.4 Å². The monoisotopic (exact) mass is 436 g/mol. The first-order chi connectivity index (χ1) is 15.4. The molecule has 1 saturated carbocycles. The molecule has 2 fully saturated rings. The normalized spacial score (nSPS) is 17.9. The lowest BCUT2D eigenvalue weighted by molar-refractivity contribution is -0.122. The van der Waals surface area contributed by atoms with Crippen molar-refractivity contribution in [2.75, 3.05) is 18.6 Å². The Morgan fingerprint density at radius 3 is 2.41 bits per heavy atom. The number of rotatable bonds is 7. The Labute approximate surface area is 185 Å². The minimum absolute atomic E-state index is 0.0680. The maximum Gasteiger partial charge on any atom is 0.338 e. The van der Waals surface area contributed by atoms with Crippen molar-refractivity contribution in [2.45, 2.75) is 38.3 Å². The average molecular weight is 436 g/mol. The van der Waals surface area contributed by atoms with Gasteiger partial charge in [0.25, 0.3) is 11.8 Å². The van der Waals surface area contributed by atoms with Crippen LogP contribution >= 0.6 is 0 Å². The summed E-state index contributed by atoms with van der Waals surface area (Å²) in [5, 5.41) is 0. The number of hydrogen-bond donors (Lipinski definition) is 0. The summed E-state index contributed by atoms with van der Waals surface area (Å²) in [6.07, 6.45) is 1.51. The Kier molecular flexibility index (Phi) is 5.94. The largest absolute Gasteiger partial charge is 0.497 e. The molecule has 32 heavy (non-hydrogen) atoms. The third-order valence-corrected chi connectivity index (χ3v) is 5.59. The van der Waals surface area contributed by atoms with Gasteiger partial charge in [0.1, 0.15) is 11.8 Å².